The Morgan fingerprint density at radius 2 is 1.78 bits per heavy atom. The lowest BCUT2D eigenvalue weighted by atomic mass is 10.0. The van der Waals surface area contributed by atoms with Gasteiger partial charge in [0.15, 0.2) is 0 Å². The number of nitrogens with one attached hydrogen (secondary N) is 1. The fraction of sp³-hybridized carbons (Fsp3) is 0.900. The van der Waals surface area contributed by atoms with E-state index in [2.05, 4.69) is 0 Å². The summed E-state index contributed by atoms with van der Waals surface area (Å²) in [5, 5.41) is 10.3. The standard InChI is InChI=1S/C10H16F5NO2/c1-2-3-7(4-5-17)6-16-8(18)9(11,12)10(13,14)15/h7,17H,2-6H2,1H3,(H,16,18). The first-order chi connectivity index (χ1) is 8.16. The smallest absolute Gasteiger partial charge is 0.396 e. The van der Waals surface area contributed by atoms with E-state index in [0.29, 0.717) is 12.8 Å². The first-order valence-corrected chi connectivity index (χ1v) is 5.50. The van der Waals surface area contributed by atoms with Gasteiger partial charge in [0.1, 0.15) is 0 Å². The predicted octanol–water partition coefficient (Wildman–Crippen LogP) is 2.10. The van der Waals surface area contributed by atoms with Crippen molar-refractivity contribution >= 4 is 5.91 Å². The first kappa shape index (κ1) is 17.1. The zero-order valence-corrected chi connectivity index (χ0v) is 9.86. The molecule has 0 spiro atoms. The molecule has 0 saturated heterocycles. The van der Waals surface area contributed by atoms with Crippen molar-refractivity contribution in [2.75, 3.05) is 13.2 Å². The van der Waals surface area contributed by atoms with Gasteiger partial charge in [0.05, 0.1) is 0 Å². The molecular weight excluding hydrogens is 261 g/mol. The molecule has 1 unspecified atom stereocenters. The van der Waals surface area contributed by atoms with Gasteiger partial charge in [0, 0.05) is 13.2 Å². The fourth-order valence-corrected chi connectivity index (χ4v) is 1.42. The van der Waals surface area contributed by atoms with Gasteiger partial charge in [-0.1, -0.05) is 13.3 Å². The van der Waals surface area contributed by atoms with Crippen LogP contribution in [-0.4, -0.2) is 36.3 Å². The van der Waals surface area contributed by atoms with Crippen molar-refractivity contribution in [3.8, 4) is 0 Å². The van der Waals surface area contributed by atoms with E-state index in [1.165, 1.54) is 0 Å². The maximum absolute atomic E-state index is 12.6. The topological polar surface area (TPSA) is 49.3 Å². The van der Waals surface area contributed by atoms with E-state index < -0.39 is 18.0 Å². The van der Waals surface area contributed by atoms with Crippen LogP contribution < -0.4 is 5.32 Å². The molecule has 1 amide bonds. The molecule has 0 aliphatic carbocycles. The van der Waals surface area contributed by atoms with Crippen LogP contribution in [0.2, 0.25) is 0 Å². The summed E-state index contributed by atoms with van der Waals surface area (Å²) in [7, 11) is 0. The van der Waals surface area contributed by atoms with Crippen LogP contribution in [0, 0.1) is 5.92 Å². The summed E-state index contributed by atoms with van der Waals surface area (Å²) < 4.78 is 60.7. The van der Waals surface area contributed by atoms with E-state index in [9.17, 15) is 26.7 Å². The van der Waals surface area contributed by atoms with Crippen molar-refractivity contribution in [1.29, 1.82) is 0 Å². The second kappa shape index (κ2) is 6.86. The van der Waals surface area contributed by atoms with Gasteiger partial charge in [-0.05, 0) is 18.8 Å². The molecule has 0 aliphatic rings. The molecule has 0 bridgehead atoms. The molecule has 0 fully saturated rings. The minimum atomic E-state index is -5.89. The second-order valence-electron chi connectivity index (χ2n) is 3.95. The Balaban J connectivity index is 4.39. The summed E-state index contributed by atoms with van der Waals surface area (Å²) in [6, 6.07) is 0. The molecule has 18 heavy (non-hydrogen) atoms. The Hall–Kier alpha value is -0.920. The number of hydrogen-bond donors (Lipinski definition) is 2. The Labute approximate surface area is 101 Å². The molecule has 2 N–H and O–H groups in total. The summed E-state index contributed by atoms with van der Waals surface area (Å²) in [6.45, 7) is 1.28. The third-order valence-corrected chi connectivity index (χ3v) is 2.43. The summed E-state index contributed by atoms with van der Waals surface area (Å²) in [4.78, 5) is 10.8. The number of carbonyl (C=O) groups excluding carboxylic acids is 1. The molecule has 0 heterocycles. The predicted molar refractivity (Wildman–Crippen MR) is 54.1 cm³/mol. The van der Waals surface area contributed by atoms with Crippen molar-refractivity contribution < 1.29 is 31.9 Å². The van der Waals surface area contributed by atoms with Crippen LogP contribution in [0.3, 0.4) is 0 Å². The summed E-state index contributed by atoms with van der Waals surface area (Å²) >= 11 is 0. The number of alkyl halides is 5. The fourth-order valence-electron chi connectivity index (χ4n) is 1.42. The van der Waals surface area contributed by atoms with E-state index in [4.69, 9.17) is 5.11 Å². The van der Waals surface area contributed by atoms with Gasteiger partial charge < -0.3 is 10.4 Å². The Morgan fingerprint density at radius 3 is 2.17 bits per heavy atom. The van der Waals surface area contributed by atoms with E-state index in [1.807, 2.05) is 0 Å². The highest BCUT2D eigenvalue weighted by molar-refractivity contribution is 5.84. The average Bonchev–Trinajstić information content (AvgIpc) is 2.24. The molecule has 0 aliphatic heterocycles. The molecule has 0 aromatic rings. The number of aliphatic hydroxyl groups is 1. The van der Waals surface area contributed by atoms with Crippen molar-refractivity contribution in [2.24, 2.45) is 5.92 Å². The van der Waals surface area contributed by atoms with Crippen LogP contribution in [0.4, 0.5) is 22.0 Å². The van der Waals surface area contributed by atoms with Gasteiger partial charge >= 0.3 is 12.1 Å². The van der Waals surface area contributed by atoms with Gasteiger partial charge in [-0.25, -0.2) is 0 Å². The van der Waals surface area contributed by atoms with Crippen LogP contribution >= 0.6 is 0 Å². The Kier molecular flexibility index (Phi) is 6.51. The van der Waals surface area contributed by atoms with Crippen LogP contribution in [0.5, 0.6) is 0 Å². The molecule has 1 atom stereocenters. The summed E-state index contributed by atoms with van der Waals surface area (Å²) in [5.74, 6) is -8.05. The zero-order valence-electron chi connectivity index (χ0n) is 9.86. The Morgan fingerprint density at radius 1 is 1.22 bits per heavy atom. The summed E-state index contributed by atoms with van der Waals surface area (Å²) in [5.41, 5.74) is 0. The molecule has 0 rings (SSSR count). The van der Waals surface area contributed by atoms with Crippen molar-refractivity contribution in [1.82, 2.24) is 5.32 Å². The third kappa shape index (κ3) is 4.75. The van der Waals surface area contributed by atoms with Gasteiger partial charge in [-0.3, -0.25) is 4.79 Å². The molecule has 3 nitrogen and oxygen atoms in total. The minimum Gasteiger partial charge on any atom is -0.396 e. The molecule has 0 radical (unpaired) electrons. The average molecular weight is 277 g/mol. The molecule has 0 aromatic carbocycles. The number of aliphatic hydroxyl groups excluding tert-OH is 1. The monoisotopic (exact) mass is 277 g/mol. The van der Waals surface area contributed by atoms with Gasteiger partial charge in [-0.15, -0.1) is 0 Å². The highest BCUT2D eigenvalue weighted by Gasteiger charge is 2.63. The molecule has 8 heteroatoms. The second-order valence-corrected chi connectivity index (χ2v) is 3.95. The summed E-state index contributed by atoms with van der Waals surface area (Å²) in [6.07, 6.45) is -4.45. The van der Waals surface area contributed by atoms with Crippen LogP contribution in [0.25, 0.3) is 0 Å². The van der Waals surface area contributed by atoms with Gasteiger partial charge in [0.25, 0.3) is 5.91 Å². The zero-order chi connectivity index (χ0) is 14.4. The van der Waals surface area contributed by atoms with Gasteiger partial charge in [0.2, 0.25) is 0 Å². The first-order valence-electron chi connectivity index (χ1n) is 5.50. The minimum absolute atomic E-state index is 0.212. The largest absolute Gasteiger partial charge is 0.463 e. The molecule has 108 valence electrons. The van der Waals surface area contributed by atoms with E-state index in [0.717, 1.165) is 0 Å². The highest BCUT2D eigenvalue weighted by Crippen LogP contribution is 2.35. The molecular formula is C10H16F5NO2. The van der Waals surface area contributed by atoms with E-state index in [1.54, 1.807) is 12.2 Å². The SMILES string of the molecule is CCCC(CCO)CNC(=O)C(F)(F)C(F)(F)F. The van der Waals surface area contributed by atoms with Crippen LogP contribution in [0.1, 0.15) is 26.2 Å². The lowest BCUT2D eigenvalue weighted by molar-refractivity contribution is -0.269. The highest BCUT2D eigenvalue weighted by atomic mass is 19.4. The number of carbonyl (C=O) groups is 1. The Bertz CT molecular complexity index is 261. The van der Waals surface area contributed by atoms with Crippen molar-refractivity contribution in [3.63, 3.8) is 0 Å². The maximum atomic E-state index is 12.6. The van der Waals surface area contributed by atoms with Crippen molar-refractivity contribution in [2.45, 2.75) is 38.3 Å². The molecule has 0 aromatic heterocycles. The number of halogens is 5. The third-order valence-electron chi connectivity index (χ3n) is 2.43. The van der Waals surface area contributed by atoms with Crippen LogP contribution in [-0.2, 0) is 4.79 Å². The number of rotatable bonds is 7. The quantitative estimate of drug-likeness (QED) is 0.700. The molecule has 0 saturated carbocycles. The lowest BCUT2D eigenvalue weighted by Gasteiger charge is -2.21. The van der Waals surface area contributed by atoms with E-state index >= 15 is 0 Å². The lowest BCUT2D eigenvalue weighted by Crippen LogP contribution is -2.51. The van der Waals surface area contributed by atoms with E-state index in [-0.39, 0.29) is 25.5 Å². The number of amides is 1. The van der Waals surface area contributed by atoms with Gasteiger partial charge in [-0.2, -0.15) is 22.0 Å². The maximum Gasteiger partial charge on any atom is 0.463 e. The van der Waals surface area contributed by atoms with Crippen molar-refractivity contribution in [3.05, 3.63) is 0 Å². The van der Waals surface area contributed by atoms with Crippen LogP contribution in [0.15, 0.2) is 0 Å². The number of hydrogen-bond acceptors (Lipinski definition) is 2. The normalized spacial score (nSPS) is 14.4.